The van der Waals surface area contributed by atoms with Crippen molar-refractivity contribution in [2.24, 2.45) is 0 Å². The molecule has 2 bridgehead atoms. The zero-order valence-electron chi connectivity index (χ0n) is 11.9. The molecular weight excluding hydrogens is 272 g/mol. The maximum Gasteiger partial charge on any atom is 0.270 e. The summed E-state index contributed by atoms with van der Waals surface area (Å²) < 4.78 is 0. The van der Waals surface area contributed by atoms with E-state index < -0.39 is 4.92 Å². The molecule has 3 rings (SSSR count). The van der Waals surface area contributed by atoms with E-state index in [1.54, 1.807) is 6.07 Å². The second-order valence-corrected chi connectivity index (χ2v) is 5.93. The normalized spacial score (nSPS) is 27.7. The maximum atomic E-state index is 11.9. The van der Waals surface area contributed by atoms with Crippen molar-refractivity contribution in [2.45, 2.75) is 50.8 Å². The first-order valence-corrected chi connectivity index (χ1v) is 7.23. The van der Waals surface area contributed by atoms with Crippen LogP contribution in [0, 0.1) is 10.1 Å². The van der Waals surface area contributed by atoms with Crippen LogP contribution in [0.5, 0.6) is 0 Å². The molecule has 1 aromatic rings. The number of hydrogen-bond donors (Lipinski definition) is 1. The Kier molecular flexibility index (Phi) is 3.41. The van der Waals surface area contributed by atoms with Crippen LogP contribution in [0.2, 0.25) is 0 Å². The number of nitro groups is 1. The third kappa shape index (κ3) is 2.40. The van der Waals surface area contributed by atoms with E-state index >= 15 is 0 Å². The van der Waals surface area contributed by atoms with Gasteiger partial charge in [0.2, 0.25) is 0 Å². The molecule has 21 heavy (non-hydrogen) atoms. The van der Waals surface area contributed by atoms with Crippen molar-refractivity contribution in [2.75, 3.05) is 4.90 Å². The van der Waals surface area contributed by atoms with Crippen LogP contribution in [0.25, 0.3) is 0 Å². The van der Waals surface area contributed by atoms with Gasteiger partial charge in [-0.05, 0) is 38.7 Å². The van der Waals surface area contributed by atoms with Gasteiger partial charge < -0.3 is 10.0 Å². The minimum absolute atomic E-state index is 0.0617. The van der Waals surface area contributed by atoms with Crippen molar-refractivity contribution in [1.82, 2.24) is 0 Å². The number of benzene rings is 1. The summed E-state index contributed by atoms with van der Waals surface area (Å²) in [5, 5.41) is 20.8. The first-order valence-electron chi connectivity index (χ1n) is 7.23. The van der Waals surface area contributed by atoms with Crippen molar-refractivity contribution < 1.29 is 14.8 Å². The lowest BCUT2D eigenvalue weighted by molar-refractivity contribution is -0.384. The minimum atomic E-state index is -0.481. The van der Waals surface area contributed by atoms with Gasteiger partial charge in [0.15, 0.2) is 5.78 Å². The van der Waals surface area contributed by atoms with E-state index in [4.69, 9.17) is 0 Å². The molecule has 2 fully saturated rings. The maximum absolute atomic E-state index is 11.9. The number of Topliss-reactive ketones (excluding diaryl/α,β-unsaturated/α-hetero) is 1. The number of nitrogens with zero attached hydrogens (tertiary/aromatic N) is 2. The Bertz CT molecular complexity index is 587. The molecule has 2 saturated heterocycles. The Morgan fingerprint density at radius 2 is 1.95 bits per heavy atom. The van der Waals surface area contributed by atoms with E-state index in [0.29, 0.717) is 18.4 Å². The molecule has 0 spiro atoms. The van der Waals surface area contributed by atoms with E-state index in [1.165, 1.54) is 19.1 Å². The quantitative estimate of drug-likeness (QED) is 0.524. The first-order chi connectivity index (χ1) is 9.97. The molecule has 1 N–H and O–H groups in total. The Balaban J connectivity index is 2.02. The van der Waals surface area contributed by atoms with Crippen molar-refractivity contribution >= 4 is 17.2 Å². The van der Waals surface area contributed by atoms with E-state index in [0.717, 1.165) is 18.5 Å². The number of nitro benzene ring substituents is 1. The molecule has 2 heterocycles. The molecule has 112 valence electrons. The number of aliphatic hydroxyl groups excluding tert-OH is 1. The van der Waals surface area contributed by atoms with Crippen LogP contribution in [0.3, 0.4) is 0 Å². The highest BCUT2D eigenvalue weighted by Gasteiger charge is 2.41. The van der Waals surface area contributed by atoms with Crippen LogP contribution in [-0.2, 0) is 0 Å². The SMILES string of the molecule is CC(=O)c1cc([N+](=O)[O-])ccc1N1C2CCC1CC(O)C2. The fourth-order valence-corrected chi connectivity index (χ4v) is 3.69. The van der Waals surface area contributed by atoms with Gasteiger partial charge >= 0.3 is 0 Å². The Morgan fingerprint density at radius 1 is 1.33 bits per heavy atom. The summed E-state index contributed by atoms with van der Waals surface area (Å²) in [5.74, 6) is -0.167. The molecule has 2 atom stereocenters. The summed E-state index contributed by atoms with van der Waals surface area (Å²) in [4.78, 5) is 24.5. The molecule has 0 amide bonds. The number of ketones is 1. The zero-order chi connectivity index (χ0) is 15.1. The monoisotopic (exact) mass is 290 g/mol. The molecule has 0 aliphatic carbocycles. The molecule has 1 aromatic carbocycles. The smallest absolute Gasteiger partial charge is 0.270 e. The fraction of sp³-hybridized carbons (Fsp3) is 0.533. The van der Waals surface area contributed by atoms with E-state index in [-0.39, 0.29) is 29.7 Å². The van der Waals surface area contributed by atoms with Gasteiger partial charge in [-0.25, -0.2) is 0 Å². The Hall–Kier alpha value is -1.95. The molecule has 0 radical (unpaired) electrons. The van der Waals surface area contributed by atoms with Crippen LogP contribution in [0.15, 0.2) is 18.2 Å². The van der Waals surface area contributed by atoms with Gasteiger partial charge in [-0.15, -0.1) is 0 Å². The van der Waals surface area contributed by atoms with E-state index in [2.05, 4.69) is 4.90 Å². The standard InChI is InChI=1S/C15H18N2O4/c1-9(18)14-8-12(17(20)21)4-5-15(14)16-10-2-3-11(16)7-13(19)6-10/h4-5,8,10-11,13,19H,2-3,6-7H2,1H3. The van der Waals surface area contributed by atoms with E-state index in [1.807, 2.05) is 0 Å². The zero-order valence-corrected chi connectivity index (χ0v) is 11.9. The molecule has 0 saturated carbocycles. The number of aliphatic hydroxyl groups is 1. The summed E-state index contributed by atoms with van der Waals surface area (Å²) >= 11 is 0. The first kappa shape index (κ1) is 14.0. The number of hydrogen-bond acceptors (Lipinski definition) is 5. The average Bonchev–Trinajstić information content (AvgIpc) is 2.69. The van der Waals surface area contributed by atoms with Gasteiger partial charge in [0.1, 0.15) is 0 Å². The second-order valence-electron chi connectivity index (χ2n) is 5.93. The largest absolute Gasteiger partial charge is 0.393 e. The highest BCUT2D eigenvalue weighted by Crippen LogP contribution is 2.41. The van der Waals surface area contributed by atoms with Gasteiger partial charge in [0, 0.05) is 35.5 Å². The summed E-state index contributed by atoms with van der Waals surface area (Å²) in [6.45, 7) is 1.43. The van der Waals surface area contributed by atoms with Crippen molar-refractivity contribution in [3.63, 3.8) is 0 Å². The Labute approximate surface area is 122 Å². The fourth-order valence-electron chi connectivity index (χ4n) is 3.69. The molecule has 2 unspecified atom stereocenters. The van der Waals surface area contributed by atoms with Crippen molar-refractivity contribution in [3.8, 4) is 0 Å². The summed E-state index contributed by atoms with van der Waals surface area (Å²) in [6, 6.07) is 4.93. The number of piperidine rings is 1. The molecule has 6 heteroatoms. The number of fused-ring (bicyclic) bond motifs is 2. The topological polar surface area (TPSA) is 83.7 Å². The van der Waals surface area contributed by atoms with Crippen LogP contribution in [-0.4, -0.2) is 34.0 Å². The highest BCUT2D eigenvalue weighted by atomic mass is 16.6. The van der Waals surface area contributed by atoms with Gasteiger partial charge in [-0.2, -0.15) is 0 Å². The highest BCUT2D eigenvalue weighted by molar-refractivity contribution is 6.00. The van der Waals surface area contributed by atoms with Crippen LogP contribution < -0.4 is 4.90 Å². The van der Waals surface area contributed by atoms with Gasteiger partial charge in [0.05, 0.1) is 11.0 Å². The second kappa shape index (κ2) is 5.11. The minimum Gasteiger partial charge on any atom is -0.393 e. The van der Waals surface area contributed by atoms with Gasteiger partial charge in [-0.3, -0.25) is 14.9 Å². The van der Waals surface area contributed by atoms with Crippen LogP contribution in [0.1, 0.15) is 43.0 Å². The van der Waals surface area contributed by atoms with Crippen LogP contribution in [0.4, 0.5) is 11.4 Å². The van der Waals surface area contributed by atoms with Gasteiger partial charge in [-0.1, -0.05) is 0 Å². The number of carbonyl (C=O) groups excluding carboxylic acids is 1. The number of rotatable bonds is 3. The third-order valence-corrected chi connectivity index (χ3v) is 4.56. The predicted molar refractivity (Wildman–Crippen MR) is 77.6 cm³/mol. The predicted octanol–water partition coefficient (Wildman–Crippen LogP) is 2.29. The summed E-state index contributed by atoms with van der Waals surface area (Å²) in [6.07, 6.45) is 3.11. The number of carbonyl (C=O) groups is 1. The molecule has 6 nitrogen and oxygen atoms in total. The lowest BCUT2D eigenvalue weighted by atomic mass is 9.97. The van der Waals surface area contributed by atoms with Crippen LogP contribution >= 0.6 is 0 Å². The van der Waals surface area contributed by atoms with Crippen molar-refractivity contribution in [1.29, 1.82) is 0 Å². The van der Waals surface area contributed by atoms with Gasteiger partial charge in [0.25, 0.3) is 5.69 Å². The molecule has 2 aliphatic heterocycles. The average molecular weight is 290 g/mol. The number of non-ortho nitro benzene ring substituents is 1. The van der Waals surface area contributed by atoms with E-state index in [9.17, 15) is 20.0 Å². The number of anilines is 1. The summed E-state index contributed by atoms with van der Waals surface area (Å²) in [7, 11) is 0. The Morgan fingerprint density at radius 3 is 2.48 bits per heavy atom. The summed E-state index contributed by atoms with van der Waals surface area (Å²) in [5.41, 5.74) is 1.11. The molecule has 0 aromatic heterocycles. The molecule has 2 aliphatic rings. The molecular formula is C15H18N2O4. The lowest BCUT2D eigenvalue weighted by Gasteiger charge is -2.39. The lowest BCUT2D eigenvalue weighted by Crippen LogP contribution is -2.45. The van der Waals surface area contributed by atoms with Crippen molar-refractivity contribution in [3.05, 3.63) is 33.9 Å². The third-order valence-electron chi connectivity index (χ3n) is 4.56.